The number of sulfonamides is 1. The van der Waals surface area contributed by atoms with Gasteiger partial charge in [0.2, 0.25) is 10.0 Å². The summed E-state index contributed by atoms with van der Waals surface area (Å²) in [6.07, 6.45) is 4.82. The lowest BCUT2D eigenvalue weighted by molar-refractivity contribution is 0.0692. The number of amides is 1. The Balaban J connectivity index is 1.47. The molecule has 2 aromatic rings. The molecule has 1 N–H and O–H groups in total. The van der Waals surface area contributed by atoms with E-state index in [2.05, 4.69) is 9.71 Å². The highest BCUT2D eigenvalue weighted by Crippen LogP contribution is 2.19. The molecule has 0 unspecified atom stereocenters. The van der Waals surface area contributed by atoms with Crippen LogP contribution in [0, 0.1) is 12.8 Å². The molecule has 0 radical (unpaired) electrons. The first kappa shape index (κ1) is 19.5. The standard InChI is InChI=1S/C20H25N3O3S/c1-16-3-2-4-18(13-16)15-27(25,26)22-14-17-7-11-23(12-8-17)20(24)19-5-9-21-10-6-19/h2-6,9-10,13,17,22H,7-8,11-12,14-15H2,1H3. The molecule has 3 rings (SSSR count). The van der Waals surface area contributed by atoms with E-state index in [1.807, 2.05) is 36.1 Å². The molecule has 7 heteroatoms. The van der Waals surface area contributed by atoms with Gasteiger partial charge in [0.15, 0.2) is 0 Å². The summed E-state index contributed by atoms with van der Waals surface area (Å²) in [6.45, 7) is 3.66. The van der Waals surface area contributed by atoms with Crippen molar-refractivity contribution in [2.45, 2.75) is 25.5 Å². The van der Waals surface area contributed by atoms with E-state index in [9.17, 15) is 13.2 Å². The minimum absolute atomic E-state index is 0.00590. The van der Waals surface area contributed by atoms with E-state index >= 15 is 0 Å². The third-order valence-electron chi connectivity index (χ3n) is 4.86. The molecular formula is C20H25N3O3S. The van der Waals surface area contributed by atoms with Crippen molar-refractivity contribution in [3.8, 4) is 0 Å². The Morgan fingerprint density at radius 3 is 2.56 bits per heavy atom. The molecule has 1 aromatic carbocycles. The molecule has 27 heavy (non-hydrogen) atoms. The molecule has 1 aromatic heterocycles. The summed E-state index contributed by atoms with van der Waals surface area (Å²) in [5.41, 5.74) is 2.48. The lowest BCUT2D eigenvalue weighted by atomic mass is 9.97. The lowest BCUT2D eigenvalue weighted by Crippen LogP contribution is -2.41. The van der Waals surface area contributed by atoms with E-state index in [-0.39, 0.29) is 17.6 Å². The Labute approximate surface area is 160 Å². The van der Waals surface area contributed by atoms with E-state index in [0.717, 1.165) is 24.0 Å². The van der Waals surface area contributed by atoms with Crippen LogP contribution in [0.15, 0.2) is 48.8 Å². The van der Waals surface area contributed by atoms with Gasteiger partial charge >= 0.3 is 0 Å². The average molecular weight is 388 g/mol. The molecule has 1 aliphatic rings. The second-order valence-corrected chi connectivity index (χ2v) is 8.87. The zero-order valence-corrected chi connectivity index (χ0v) is 16.3. The number of nitrogens with one attached hydrogen (secondary N) is 1. The number of rotatable bonds is 6. The smallest absolute Gasteiger partial charge is 0.253 e. The Morgan fingerprint density at radius 2 is 1.89 bits per heavy atom. The molecule has 0 spiro atoms. The number of pyridine rings is 1. The minimum Gasteiger partial charge on any atom is -0.339 e. The Morgan fingerprint density at radius 1 is 1.19 bits per heavy atom. The van der Waals surface area contributed by atoms with E-state index in [0.29, 0.717) is 25.2 Å². The van der Waals surface area contributed by atoms with Gasteiger partial charge in [0, 0.05) is 37.6 Å². The van der Waals surface area contributed by atoms with Crippen LogP contribution < -0.4 is 4.72 Å². The number of piperidine rings is 1. The number of likely N-dealkylation sites (tertiary alicyclic amines) is 1. The van der Waals surface area contributed by atoms with Crippen LogP contribution in [0.5, 0.6) is 0 Å². The quantitative estimate of drug-likeness (QED) is 0.825. The van der Waals surface area contributed by atoms with Crippen molar-refractivity contribution in [1.29, 1.82) is 0 Å². The van der Waals surface area contributed by atoms with Crippen molar-refractivity contribution in [3.05, 3.63) is 65.5 Å². The van der Waals surface area contributed by atoms with Crippen LogP contribution in [0.25, 0.3) is 0 Å². The van der Waals surface area contributed by atoms with E-state index in [4.69, 9.17) is 0 Å². The summed E-state index contributed by atoms with van der Waals surface area (Å²) in [6, 6.07) is 11.0. The fraction of sp³-hybridized carbons (Fsp3) is 0.400. The third kappa shape index (κ3) is 5.61. The first-order valence-electron chi connectivity index (χ1n) is 9.15. The van der Waals surface area contributed by atoms with Crippen LogP contribution >= 0.6 is 0 Å². The molecule has 0 saturated carbocycles. The number of carbonyl (C=O) groups excluding carboxylic acids is 1. The maximum absolute atomic E-state index is 12.4. The van der Waals surface area contributed by atoms with E-state index < -0.39 is 10.0 Å². The largest absolute Gasteiger partial charge is 0.339 e. The second-order valence-electron chi connectivity index (χ2n) is 7.07. The zero-order chi connectivity index (χ0) is 19.3. The van der Waals surface area contributed by atoms with Crippen molar-refractivity contribution in [3.63, 3.8) is 0 Å². The third-order valence-corrected chi connectivity index (χ3v) is 6.18. The first-order chi connectivity index (χ1) is 12.9. The summed E-state index contributed by atoms with van der Waals surface area (Å²) in [5, 5.41) is 0. The average Bonchev–Trinajstić information content (AvgIpc) is 2.67. The van der Waals surface area contributed by atoms with Gasteiger partial charge in [0.05, 0.1) is 5.75 Å². The summed E-state index contributed by atoms with van der Waals surface area (Å²) in [7, 11) is -3.36. The molecule has 1 saturated heterocycles. The first-order valence-corrected chi connectivity index (χ1v) is 10.8. The van der Waals surface area contributed by atoms with Gasteiger partial charge in [-0.1, -0.05) is 29.8 Å². The molecule has 1 amide bonds. The molecule has 144 valence electrons. The highest BCUT2D eigenvalue weighted by molar-refractivity contribution is 7.88. The van der Waals surface area contributed by atoms with E-state index in [1.54, 1.807) is 24.5 Å². The normalized spacial score (nSPS) is 15.7. The van der Waals surface area contributed by atoms with Crippen LogP contribution in [-0.4, -0.2) is 43.8 Å². The summed E-state index contributed by atoms with van der Waals surface area (Å²) >= 11 is 0. The number of hydrogen-bond donors (Lipinski definition) is 1. The molecule has 0 atom stereocenters. The Hall–Kier alpha value is -2.25. The van der Waals surface area contributed by atoms with Gasteiger partial charge in [-0.05, 0) is 43.4 Å². The highest BCUT2D eigenvalue weighted by Gasteiger charge is 2.24. The molecule has 0 aliphatic carbocycles. The number of aryl methyl sites for hydroxylation is 1. The second kappa shape index (κ2) is 8.63. The maximum Gasteiger partial charge on any atom is 0.253 e. The van der Waals surface area contributed by atoms with Crippen LogP contribution in [0.2, 0.25) is 0 Å². The van der Waals surface area contributed by atoms with Crippen molar-refractivity contribution >= 4 is 15.9 Å². The molecular weight excluding hydrogens is 362 g/mol. The fourth-order valence-electron chi connectivity index (χ4n) is 3.33. The van der Waals surface area contributed by atoms with Crippen molar-refractivity contribution in [2.75, 3.05) is 19.6 Å². The van der Waals surface area contributed by atoms with E-state index in [1.165, 1.54) is 0 Å². The fourth-order valence-corrected chi connectivity index (χ4v) is 4.54. The lowest BCUT2D eigenvalue weighted by Gasteiger charge is -2.32. The van der Waals surface area contributed by atoms with Gasteiger partial charge in [-0.3, -0.25) is 9.78 Å². The summed E-state index contributed by atoms with van der Waals surface area (Å²) in [4.78, 5) is 18.2. The number of hydrogen-bond acceptors (Lipinski definition) is 4. The van der Waals surface area contributed by atoms with Crippen LogP contribution in [-0.2, 0) is 15.8 Å². The van der Waals surface area contributed by atoms with Crippen LogP contribution in [0.1, 0.15) is 34.3 Å². The number of carbonyl (C=O) groups is 1. The summed E-state index contributed by atoms with van der Waals surface area (Å²) in [5.74, 6) is 0.253. The van der Waals surface area contributed by atoms with Gasteiger partial charge in [0.1, 0.15) is 0 Å². The number of nitrogens with zero attached hydrogens (tertiary/aromatic N) is 2. The Kier molecular flexibility index (Phi) is 6.23. The van der Waals surface area contributed by atoms with Gasteiger partial charge in [-0.2, -0.15) is 0 Å². The van der Waals surface area contributed by atoms with Crippen molar-refractivity contribution < 1.29 is 13.2 Å². The number of benzene rings is 1. The molecule has 1 aliphatic heterocycles. The molecule has 2 heterocycles. The molecule has 0 bridgehead atoms. The van der Waals surface area contributed by atoms with Crippen LogP contribution in [0.3, 0.4) is 0 Å². The van der Waals surface area contributed by atoms with Gasteiger partial charge in [-0.25, -0.2) is 13.1 Å². The van der Waals surface area contributed by atoms with Crippen molar-refractivity contribution in [1.82, 2.24) is 14.6 Å². The van der Waals surface area contributed by atoms with Gasteiger partial charge < -0.3 is 4.90 Å². The monoisotopic (exact) mass is 387 g/mol. The predicted molar refractivity (Wildman–Crippen MR) is 105 cm³/mol. The predicted octanol–water partition coefficient (Wildman–Crippen LogP) is 2.36. The van der Waals surface area contributed by atoms with Crippen molar-refractivity contribution in [2.24, 2.45) is 5.92 Å². The number of aromatic nitrogens is 1. The van der Waals surface area contributed by atoms with Gasteiger partial charge in [-0.15, -0.1) is 0 Å². The molecule has 1 fully saturated rings. The van der Waals surface area contributed by atoms with Gasteiger partial charge in [0.25, 0.3) is 5.91 Å². The summed E-state index contributed by atoms with van der Waals surface area (Å²) < 4.78 is 27.4. The SMILES string of the molecule is Cc1cccc(CS(=O)(=O)NCC2CCN(C(=O)c3ccncc3)CC2)c1. The topological polar surface area (TPSA) is 79.4 Å². The highest BCUT2D eigenvalue weighted by atomic mass is 32.2. The minimum atomic E-state index is -3.36. The Bertz CT molecular complexity index is 876. The molecule has 6 nitrogen and oxygen atoms in total. The zero-order valence-electron chi connectivity index (χ0n) is 15.5. The van der Waals surface area contributed by atoms with Crippen LogP contribution in [0.4, 0.5) is 0 Å². The maximum atomic E-state index is 12.4.